The quantitative estimate of drug-likeness (QED) is 0.530. The average molecular weight is 395 g/mol. The average Bonchev–Trinajstić information content (AvgIpc) is 3.22. The fourth-order valence-corrected chi connectivity index (χ4v) is 4.07. The second-order valence-electron chi connectivity index (χ2n) is 7.55. The smallest absolute Gasteiger partial charge is 0.141 e. The minimum Gasteiger partial charge on any atom is -0.484 e. The van der Waals surface area contributed by atoms with Gasteiger partial charge in [0.25, 0.3) is 0 Å². The number of benzene rings is 1. The number of H-pyrrole nitrogens is 1. The first-order valence-electron chi connectivity index (χ1n) is 10.2. The maximum atomic E-state index is 9.14. The lowest BCUT2D eigenvalue weighted by molar-refractivity contribution is 0.178. The molecule has 1 aliphatic carbocycles. The molecule has 1 N–H and O–H groups in total. The molecule has 0 aliphatic heterocycles. The lowest BCUT2D eigenvalue weighted by atomic mass is 9.93. The Kier molecular flexibility index (Phi) is 4.64. The number of pyridine rings is 2. The Morgan fingerprint density at radius 1 is 1.20 bits per heavy atom. The molecule has 1 aliphatic rings. The van der Waals surface area contributed by atoms with Crippen LogP contribution in [0.3, 0.4) is 0 Å². The number of nitriles is 1. The number of fused-ring (bicyclic) bond motifs is 2. The molecule has 0 fully saturated rings. The maximum Gasteiger partial charge on any atom is 0.141 e. The van der Waals surface area contributed by atoms with Crippen LogP contribution < -0.4 is 4.74 Å². The van der Waals surface area contributed by atoms with E-state index in [4.69, 9.17) is 10.00 Å². The van der Waals surface area contributed by atoms with Crippen molar-refractivity contribution in [3.05, 3.63) is 71.3 Å². The molecule has 0 unspecified atom stereocenters. The zero-order valence-corrected chi connectivity index (χ0v) is 16.7. The molecule has 3 heterocycles. The van der Waals surface area contributed by atoms with Crippen molar-refractivity contribution < 1.29 is 4.74 Å². The van der Waals surface area contributed by atoms with E-state index in [1.54, 1.807) is 6.20 Å². The Bertz CT molecular complexity index is 1270. The zero-order chi connectivity index (χ0) is 20.5. The zero-order valence-electron chi connectivity index (χ0n) is 16.7. The summed E-state index contributed by atoms with van der Waals surface area (Å²) in [4.78, 5) is 8.92. The van der Waals surface area contributed by atoms with E-state index in [1.165, 1.54) is 0 Å². The third-order valence-electron chi connectivity index (χ3n) is 5.61. The van der Waals surface area contributed by atoms with E-state index >= 15 is 0 Å². The van der Waals surface area contributed by atoms with Crippen molar-refractivity contribution >= 4 is 10.9 Å². The van der Waals surface area contributed by atoms with E-state index in [9.17, 15) is 0 Å². The highest BCUT2D eigenvalue weighted by Gasteiger charge is 2.24. The molecule has 6 nitrogen and oxygen atoms in total. The van der Waals surface area contributed by atoms with Gasteiger partial charge in [-0.05, 0) is 67.6 Å². The van der Waals surface area contributed by atoms with Crippen LogP contribution in [0.5, 0.6) is 5.75 Å². The first kappa shape index (κ1) is 18.3. The third-order valence-corrected chi connectivity index (χ3v) is 5.61. The van der Waals surface area contributed by atoms with Crippen LogP contribution >= 0.6 is 0 Å². The predicted octanol–water partition coefficient (Wildman–Crippen LogP) is 4.91. The standard InChI is InChI=1S/C24H21N5O/c1-2-18-11-17(8-9-26-18)23-20-12-19(6-7-21(20)28-29-23)30-22-5-3-4-16-10-15(13-25)14-27-24(16)22/h6-12,14,22H,2-5H2,1H3,(H,28,29)/t22-/m0/s1. The van der Waals surface area contributed by atoms with Gasteiger partial charge in [-0.3, -0.25) is 15.1 Å². The van der Waals surface area contributed by atoms with E-state index in [2.05, 4.69) is 39.2 Å². The molecule has 1 aromatic carbocycles. The van der Waals surface area contributed by atoms with E-state index in [-0.39, 0.29) is 6.10 Å². The summed E-state index contributed by atoms with van der Waals surface area (Å²) < 4.78 is 6.37. The number of hydrogen-bond donors (Lipinski definition) is 1. The summed E-state index contributed by atoms with van der Waals surface area (Å²) in [5, 5.41) is 17.8. The van der Waals surface area contributed by atoms with Gasteiger partial charge < -0.3 is 4.74 Å². The van der Waals surface area contributed by atoms with Crippen LogP contribution in [0.15, 0.2) is 48.8 Å². The molecule has 0 saturated heterocycles. The maximum absolute atomic E-state index is 9.14. The minimum atomic E-state index is -0.109. The largest absolute Gasteiger partial charge is 0.484 e. The van der Waals surface area contributed by atoms with Crippen molar-refractivity contribution in [2.75, 3.05) is 0 Å². The predicted molar refractivity (Wildman–Crippen MR) is 114 cm³/mol. The molecule has 148 valence electrons. The summed E-state index contributed by atoms with van der Waals surface area (Å²) in [6.07, 6.45) is 7.09. The molecule has 1 atom stereocenters. The minimum absolute atomic E-state index is 0.109. The van der Waals surface area contributed by atoms with E-state index in [0.29, 0.717) is 5.56 Å². The van der Waals surface area contributed by atoms with Gasteiger partial charge in [0.1, 0.15) is 23.6 Å². The fraction of sp³-hybridized carbons (Fsp3) is 0.250. The number of aromatic nitrogens is 4. The summed E-state index contributed by atoms with van der Waals surface area (Å²) in [6.45, 7) is 2.09. The molecule has 0 bridgehead atoms. The van der Waals surface area contributed by atoms with Crippen molar-refractivity contribution in [3.8, 4) is 23.1 Å². The van der Waals surface area contributed by atoms with Gasteiger partial charge in [0.05, 0.1) is 16.8 Å². The number of aryl methyl sites for hydroxylation is 2. The molecule has 0 spiro atoms. The normalized spacial score (nSPS) is 15.5. The van der Waals surface area contributed by atoms with E-state index in [0.717, 1.165) is 70.5 Å². The summed E-state index contributed by atoms with van der Waals surface area (Å²) in [6, 6.07) is 14.2. The van der Waals surface area contributed by atoms with Gasteiger partial charge in [-0.25, -0.2) is 0 Å². The Balaban J connectivity index is 1.49. The Morgan fingerprint density at radius 2 is 2.13 bits per heavy atom. The highest BCUT2D eigenvalue weighted by Crippen LogP contribution is 2.35. The van der Waals surface area contributed by atoms with Crippen LogP contribution in [0.4, 0.5) is 0 Å². The highest BCUT2D eigenvalue weighted by molar-refractivity contribution is 5.93. The first-order valence-corrected chi connectivity index (χ1v) is 10.2. The number of nitrogens with one attached hydrogen (secondary N) is 1. The van der Waals surface area contributed by atoms with Crippen molar-refractivity contribution in [1.82, 2.24) is 20.2 Å². The molecular weight excluding hydrogens is 374 g/mol. The summed E-state index contributed by atoms with van der Waals surface area (Å²) in [7, 11) is 0. The number of hydrogen-bond acceptors (Lipinski definition) is 5. The van der Waals surface area contributed by atoms with Crippen LogP contribution in [-0.4, -0.2) is 20.2 Å². The summed E-state index contributed by atoms with van der Waals surface area (Å²) in [5.41, 5.74) is 6.59. The first-order chi connectivity index (χ1) is 14.7. The number of aromatic amines is 1. The summed E-state index contributed by atoms with van der Waals surface area (Å²) >= 11 is 0. The molecule has 0 saturated carbocycles. The summed E-state index contributed by atoms with van der Waals surface area (Å²) in [5.74, 6) is 0.791. The molecular formula is C24H21N5O. The topological polar surface area (TPSA) is 87.5 Å². The highest BCUT2D eigenvalue weighted by atomic mass is 16.5. The molecule has 30 heavy (non-hydrogen) atoms. The number of rotatable bonds is 4. The van der Waals surface area contributed by atoms with Crippen LogP contribution in [0, 0.1) is 11.3 Å². The van der Waals surface area contributed by atoms with Crippen LogP contribution in [0.2, 0.25) is 0 Å². The van der Waals surface area contributed by atoms with E-state index in [1.807, 2.05) is 36.5 Å². The fourth-order valence-electron chi connectivity index (χ4n) is 4.07. The SMILES string of the molecule is CCc1cc(-c2n[nH]c3ccc(O[C@H]4CCCc5cc(C#N)cnc54)cc23)ccn1. The Hall–Kier alpha value is -3.72. The van der Waals surface area contributed by atoms with Gasteiger partial charge in [0, 0.05) is 29.0 Å². The van der Waals surface area contributed by atoms with E-state index < -0.39 is 0 Å². The van der Waals surface area contributed by atoms with Crippen LogP contribution in [0.1, 0.15) is 48.4 Å². The molecule has 5 rings (SSSR count). The molecule has 6 heteroatoms. The molecule has 3 aromatic heterocycles. The van der Waals surface area contributed by atoms with Crippen molar-refractivity contribution in [1.29, 1.82) is 5.26 Å². The van der Waals surface area contributed by atoms with Gasteiger partial charge in [-0.1, -0.05) is 6.92 Å². The lowest BCUT2D eigenvalue weighted by Gasteiger charge is -2.25. The third kappa shape index (κ3) is 3.29. The monoisotopic (exact) mass is 395 g/mol. The van der Waals surface area contributed by atoms with Gasteiger partial charge in [0.2, 0.25) is 0 Å². The molecule has 4 aromatic rings. The second kappa shape index (κ2) is 7.60. The van der Waals surface area contributed by atoms with Gasteiger partial charge >= 0.3 is 0 Å². The van der Waals surface area contributed by atoms with Crippen molar-refractivity contribution in [2.45, 2.75) is 38.7 Å². The second-order valence-corrected chi connectivity index (χ2v) is 7.55. The van der Waals surface area contributed by atoms with Crippen LogP contribution in [-0.2, 0) is 12.8 Å². The lowest BCUT2D eigenvalue weighted by Crippen LogP contribution is -2.17. The van der Waals surface area contributed by atoms with Crippen molar-refractivity contribution in [2.24, 2.45) is 0 Å². The molecule has 0 amide bonds. The van der Waals surface area contributed by atoms with Gasteiger partial charge in [-0.15, -0.1) is 0 Å². The number of nitrogens with zero attached hydrogens (tertiary/aromatic N) is 4. The molecule has 0 radical (unpaired) electrons. The number of ether oxygens (including phenoxy) is 1. The van der Waals surface area contributed by atoms with Crippen LogP contribution in [0.25, 0.3) is 22.2 Å². The van der Waals surface area contributed by atoms with Gasteiger partial charge in [0.15, 0.2) is 0 Å². The Labute approximate surface area is 174 Å². The van der Waals surface area contributed by atoms with Gasteiger partial charge in [-0.2, -0.15) is 10.4 Å². The van der Waals surface area contributed by atoms with Crippen molar-refractivity contribution in [3.63, 3.8) is 0 Å². The Morgan fingerprint density at radius 3 is 3.00 bits per heavy atom.